The molecule has 0 aliphatic rings. The van der Waals surface area contributed by atoms with Crippen LogP contribution in [0.4, 0.5) is 5.13 Å². The second kappa shape index (κ2) is 8.30. The molecule has 1 aromatic carbocycles. The first-order chi connectivity index (χ1) is 13.7. The molecule has 0 spiro atoms. The van der Waals surface area contributed by atoms with Gasteiger partial charge in [-0.2, -0.15) is 0 Å². The van der Waals surface area contributed by atoms with Crippen molar-refractivity contribution in [3.05, 3.63) is 58.3 Å². The van der Waals surface area contributed by atoms with Gasteiger partial charge in [0.15, 0.2) is 5.13 Å². The highest BCUT2D eigenvalue weighted by Gasteiger charge is 2.23. The number of methoxy groups -OCH3 is 1. The molecular formula is C19H17ClN4O2S2. The summed E-state index contributed by atoms with van der Waals surface area (Å²) in [7, 11) is 1.60. The predicted molar refractivity (Wildman–Crippen MR) is 114 cm³/mol. The van der Waals surface area contributed by atoms with Crippen molar-refractivity contribution in [2.24, 2.45) is 0 Å². The van der Waals surface area contributed by atoms with E-state index in [9.17, 15) is 4.79 Å². The number of carbonyl (C=O) groups excluding carboxylic acids is 1. The van der Waals surface area contributed by atoms with Crippen molar-refractivity contribution in [3.63, 3.8) is 0 Å². The molecule has 0 atom stereocenters. The van der Waals surface area contributed by atoms with Crippen molar-refractivity contribution in [2.75, 3.05) is 18.6 Å². The van der Waals surface area contributed by atoms with Gasteiger partial charge in [0.2, 0.25) is 0 Å². The van der Waals surface area contributed by atoms with Gasteiger partial charge in [-0.1, -0.05) is 29.0 Å². The number of benzene rings is 1. The third-order valence-corrected chi connectivity index (χ3v) is 6.63. The normalized spacial score (nSPS) is 11.1. The Labute approximate surface area is 175 Å². The standard InChI is InChI=1S/C19H17ClN4O2S2/c1-26-14-6-5-13(20)17-16(14)22-19(28-17)24(18(25)15-4-2-11-27-15)9-3-8-23-10-7-21-12-23/h2,4-7,10-12H,3,8-9H2,1H3. The van der Waals surface area contributed by atoms with Crippen LogP contribution in [0.1, 0.15) is 16.1 Å². The molecule has 0 aliphatic heterocycles. The molecule has 1 amide bonds. The van der Waals surface area contributed by atoms with E-state index in [1.165, 1.54) is 22.7 Å². The first-order valence-electron chi connectivity index (χ1n) is 8.61. The Morgan fingerprint density at radius 3 is 2.96 bits per heavy atom. The number of hydrogen-bond donors (Lipinski definition) is 0. The Morgan fingerprint density at radius 1 is 1.36 bits per heavy atom. The highest BCUT2D eigenvalue weighted by atomic mass is 35.5. The van der Waals surface area contributed by atoms with Crippen LogP contribution in [0.25, 0.3) is 10.2 Å². The fraction of sp³-hybridized carbons (Fsp3) is 0.211. The Hall–Kier alpha value is -2.42. The second-order valence-electron chi connectivity index (χ2n) is 6.01. The number of fused-ring (bicyclic) bond motifs is 1. The fourth-order valence-electron chi connectivity index (χ4n) is 2.87. The Kier molecular flexibility index (Phi) is 5.61. The zero-order chi connectivity index (χ0) is 19.5. The average molecular weight is 433 g/mol. The number of imidazole rings is 1. The molecule has 0 radical (unpaired) electrons. The number of amides is 1. The first-order valence-corrected chi connectivity index (χ1v) is 10.7. The van der Waals surface area contributed by atoms with Crippen molar-refractivity contribution in [3.8, 4) is 5.75 Å². The molecule has 4 rings (SSSR count). The van der Waals surface area contributed by atoms with Crippen LogP contribution >= 0.6 is 34.3 Å². The maximum Gasteiger partial charge on any atom is 0.270 e. The largest absolute Gasteiger partial charge is 0.494 e. The van der Waals surface area contributed by atoms with Gasteiger partial charge in [0.05, 0.1) is 28.0 Å². The molecule has 28 heavy (non-hydrogen) atoms. The van der Waals surface area contributed by atoms with Gasteiger partial charge in [-0.05, 0) is 30.0 Å². The van der Waals surface area contributed by atoms with Crippen LogP contribution in [0.15, 0.2) is 48.4 Å². The molecule has 3 heterocycles. The number of thiazole rings is 1. The van der Waals surface area contributed by atoms with E-state index >= 15 is 0 Å². The van der Waals surface area contributed by atoms with Crippen LogP contribution in [0.5, 0.6) is 5.75 Å². The number of anilines is 1. The summed E-state index contributed by atoms with van der Waals surface area (Å²) >= 11 is 9.18. The van der Waals surface area contributed by atoms with E-state index in [4.69, 9.17) is 21.3 Å². The van der Waals surface area contributed by atoms with Crippen LogP contribution in [-0.4, -0.2) is 34.1 Å². The van der Waals surface area contributed by atoms with Crippen LogP contribution < -0.4 is 9.64 Å². The molecule has 6 nitrogen and oxygen atoms in total. The molecule has 0 fully saturated rings. The van der Waals surface area contributed by atoms with E-state index in [1.807, 2.05) is 28.3 Å². The van der Waals surface area contributed by atoms with Gasteiger partial charge >= 0.3 is 0 Å². The summed E-state index contributed by atoms with van der Waals surface area (Å²) in [5, 5.41) is 3.11. The van der Waals surface area contributed by atoms with Crippen LogP contribution in [-0.2, 0) is 6.54 Å². The summed E-state index contributed by atoms with van der Waals surface area (Å²) in [5.74, 6) is 0.582. The number of halogens is 1. The number of rotatable bonds is 7. The minimum atomic E-state index is -0.0604. The van der Waals surface area contributed by atoms with Gasteiger partial charge in [-0.3, -0.25) is 9.69 Å². The van der Waals surface area contributed by atoms with Crippen LogP contribution in [0, 0.1) is 0 Å². The van der Waals surface area contributed by atoms with Crippen LogP contribution in [0.3, 0.4) is 0 Å². The van der Waals surface area contributed by atoms with Crippen molar-refractivity contribution in [1.82, 2.24) is 14.5 Å². The molecule has 9 heteroatoms. The Balaban J connectivity index is 1.67. The summed E-state index contributed by atoms with van der Waals surface area (Å²) in [6.07, 6.45) is 6.20. The van der Waals surface area contributed by atoms with E-state index in [0.29, 0.717) is 32.8 Å². The second-order valence-corrected chi connectivity index (χ2v) is 8.34. The maximum atomic E-state index is 13.1. The number of aryl methyl sites for hydroxylation is 1. The summed E-state index contributed by atoms with van der Waals surface area (Å²) in [5.41, 5.74) is 0.675. The van der Waals surface area contributed by atoms with E-state index in [0.717, 1.165) is 17.7 Å². The van der Waals surface area contributed by atoms with Crippen molar-refractivity contribution < 1.29 is 9.53 Å². The van der Waals surface area contributed by atoms with Crippen molar-refractivity contribution in [1.29, 1.82) is 0 Å². The van der Waals surface area contributed by atoms with Crippen molar-refractivity contribution in [2.45, 2.75) is 13.0 Å². The lowest BCUT2D eigenvalue weighted by atomic mass is 10.3. The fourth-order valence-corrected chi connectivity index (χ4v) is 4.82. The summed E-state index contributed by atoms with van der Waals surface area (Å²) < 4.78 is 8.22. The lowest BCUT2D eigenvalue weighted by molar-refractivity contribution is 0.0990. The van der Waals surface area contributed by atoms with Gasteiger partial charge in [0.25, 0.3) is 5.91 Å². The van der Waals surface area contributed by atoms with E-state index < -0.39 is 0 Å². The zero-order valence-electron chi connectivity index (χ0n) is 15.0. The number of hydrogen-bond acceptors (Lipinski definition) is 6. The zero-order valence-corrected chi connectivity index (χ0v) is 17.4. The number of ether oxygens (including phenoxy) is 1. The van der Waals surface area contributed by atoms with E-state index in [2.05, 4.69) is 4.98 Å². The summed E-state index contributed by atoms with van der Waals surface area (Å²) in [4.78, 5) is 24.3. The van der Waals surface area contributed by atoms with Gasteiger partial charge < -0.3 is 9.30 Å². The lowest BCUT2D eigenvalue weighted by Gasteiger charge is -2.19. The molecular weight excluding hydrogens is 416 g/mol. The van der Waals surface area contributed by atoms with E-state index in [1.54, 1.807) is 36.7 Å². The summed E-state index contributed by atoms with van der Waals surface area (Å²) in [6.45, 7) is 1.30. The lowest BCUT2D eigenvalue weighted by Crippen LogP contribution is -2.31. The monoisotopic (exact) mass is 432 g/mol. The molecule has 0 saturated heterocycles. The van der Waals surface area contributed by atoms with Gasteiger partial charge in [0.1, 0.15) is 11.3 Å². The molecule has 144 valence electrons. The highest BCUT2D eigenvalue weighted by Crippen LogP contribution is 2.39. The maximum absolute atomic E-state index is 13.1. The smallest absolute Gasteiger partial charge is 0.270 e. The van der Waals surface area contributed by atoms with E-state index in [-0.39, 0.29) is 5.91 Å². The number of thiophene rings is 1. The van der Waals surface area contributed by atoms with Gasteiger partial charge in [-0.15, -0.1) is 11.3 Å². The van der Waals surface area contributed by atoms with Gasteiger partial charge in [0, 0.05) is 25.5 Å². The van der Waals surface area contributed by atoms with Crippen LogP contribution in [0.2, 0.25) is 5.02 Å². The number of aromatic nitrogens is 3. The third kappa shape index (κ3) is 3.76. The Morgan fingerprint density at radius 2 is 2.25 bits per heavy atom. The topological polar surface area (TPSA) is 60.2 Å². The van der Waals surface area contributed by atoms with Crippen molar-refractivity contribution >= 4 is 55.5 Å². The average Bonchev–Trinajstić information content (AvgIpc) is 3.47. The molecule has 0 aliphatic carbocycles. The number of nitrogens with zero attached hydrogens (tertiary/aromatic N) is 4. The van der Waals surface area contributed by atoms with Gasteiger partial charge in [-0.25, -0.2) is 9.97 Å². The molecule has 0 bridgehead atoms. The highest BCUT2D eigenvalue weighted by molar-refractivity contribution is 7.23. The minimum Gasteiger partial charge on any atom is -0.494 e. The first kappa shape index (κ1) is 18.9. The molecule has 3 aromatic heterocycles. The minimum absolute atomic E-state index is 0.0604. The predicted octanol–water partition coefficient (Wildman–Crippen LogP) is 4.95. The SMILES string of the molecule is COc1ccc(Cl)c2sc(N(CCCn3ccnc3)C(=O)c3cccs3)nc12. The molecule has 0 saturated carbocycles. The molecule has 0 N–H and O–H groups in total. The third-order valence-electron chi connectivity index (χ3n) is 4.23. The number of carbonyl (C=O) groups is 1. The summed E-state index contributed by atoms with van der Waals surface area (Å²) in [6, 6.07) is 7.28. The molecule has 4 aromatic rings. The Bertz CT molecular complexity index is 1080. The molecule has 0 unspecified atom stereocenters. The quantitative estimate of drug-likeness (QED) is 0.414.